The first kappa shape index (κ1) is 24.3. The topological polar surface area (TPSA) is 127 Å². The third-order valence-corrected chi connectivity index (χ3v) is 6.47. The summed E-state index contributed by atoms with van der Waals surface area (Å²) in [5, 5.41) is 9.96. The Morgan fingerprint density at radius 3 is 2.51 bits per heavy atom. The van der Waals surface area contributed by atoms with Crippen LogP contribution in [-0.2, 0) is 11.1 Å². The molecule has 9 heteroatoms. The number of nitrogens with one attached hydrogen (secondary N) is 3. The molecule has 0 aliphatic carbocycles. The summed E-state index contributed by atoms with van der Waals surface area (Å²) in [5.74, 6) is 2.19. The van der Waals surface area contributed by atoms with Crippen molar-refractivity contribution in [3.8, 4) is 11.3 Å². The molecule has 0 bridgehead atoms. The van der Waals surface area contributed by atoms with Crippen LogP contribution in [0.15, 0.2) is 61.4 Å². The van der Waals surface area contributed by atoms with Gasteiger partial charge in [-0.2, -0.15) is 0 Å². The van der Waals surface area contributed by atoms with Crippen molar-refractivity contribution < 1.29 is 0 Å². The monoisotopic (exact) mass is 493 g/mol. The zero-order valence-corrected chi connectivity index (χ0v) is 21.7. The number of fused-ring (bicyclic) bond motifs is 1. The molecule has 1 aliphatic heterocycles. The molecule has 0 saturated carbocycles. The molecule has 5 rings (SSSR count). The van der Waals surface area contributed by atoms with Crippen LogP contribution in [0.3, 0.4) is 0 Å². The summed E-state index contributed by atoms with van der Waals surface area (Å²) in [6, 6.07) is 9.88. The van der Waals surface area contributed by atoms with Crippen molar-refractivity contribution in [2.45, 2.75) is 38.8 Å². The summed E-state index contributed by atoms with van der Waals surface area (Å²) < 4.78 is 0. The summed E-state index contributed by atoms with van der Waals surface area (Å²) >= 11 is 0. The second kappa shape index (κ2) is 9.25. The number of hydrogen-bond donors (Lipinski definition) is 4. The number of pyridine rings is 1. The SMILES string of the molecule is CNc1cc(-c2cccnc2Nc2c(C)ccc3c2C=CNC3(N)c2cnc(C(C)(C)C)nc2)ncn1. The Morgan fingerprint density at radius 2 is 1.78 bits per heavy atom. The Hall–Kier alpha value is -4.37. The van der Waals surface area contributed by atoms with Crippen molar-refractivity contribution >= 4 is 23.4 Å². The standard InChI is InChI=1S/C28H31N9/c1-17-8-9-21-19(10-12-36-28(21,29)18-14-32-26(33-15-18)27(2,3)4)24(17)37-25-20(7-6-11-31-25)22-13-23(30-5)35-16-34-22/h6-16,36H,29H2,1-5H3,(H,31,37)(H,30,34,35). The summed E-state index contributed by atoms with van der Waals surface area (Å²) in [5.41, 5.74) is 12.1. The van der Waals surface area contributed by atoms with Crippen LogP contribution in [0.5, 0.6) is 0 Å². The van der Waals surface area contributed by atoms with E-state index in [1.165, 1.54) is 6.33 Å². The van der Waals surface area contributed by atoms with Crippen LogP contribution in [-0.4, -0.2) is 32.0 Å². The molecule has 0 saturated heterocycles. The van der Waals surface area contributed by atoms with Gasteiger partial charge in [0.2, 0.25) is 0 Å². The summed E-state index contributed by atoms with van der Waals surface area (Å²) in [7, 11) is 1.83. The number of rotatable bonds is 5. The Morgan fingerprint density at radius 1 is 1.00 bits per heavy atom. The Bertz CT molecular complexity index is 1470. The third-order valence-electron chi connectivity index (χ3n) is 6.47. The van der Waals surface area contributed by atoms with E-state index in [1.54, 1.807) is 6.20 Å². The van der Waals surface area contributed by atoms with Crippen LogP contribution in [0.1, 0.15) is 48.8 Å². The molecule has 0 spiro atoms. The van der Waals surface area contributed by atoms with Crippen molar-refractivity contribution in [3.05, 3.63) is 89.5 Å². The molecule has 1 atom stereocenters. The highest BCUT2D eigenvalue weighted by Gasteiger charge is 2.35. The van der Waals surface area contributed by atoms with Gasteiger partial charge in [-0.25, -0.2) is 24.9 Å². The van der Waals surface area contributed by atoms with Crippen molar-refractivity contribution in [3.63, 3.8) is 0 Å². The molecule has 0 amide bonds. The smallest absolute Gasteiger partial charge is 0.142 e. The van der Waals surface area contributed by atoms with Gasteiger partial charge in [-0.1, -0.05) is 32.9 Å². The molecular formula is C28H31N9. The van der Waals surface area contributed by atoms with Crippen LogP contribution in [0.4, 0.5) is 17.3 Å². The molecule has 4 aromatic rings. The van der Waals surface area contributed by atoms with Gasteiger partial charge in [0, 0.05) is 59.4 Å². The number of nitrogens with two attached hydrogens (primary N) is 1. The first-order valence-corrected chi connectivity index (χ1v) is 12.1. The molecule has 3 aromatic heterocycles. The summed E-state index contributed by atoms with van der Waals surface area (Å²) in [6.07, 6.45) is 10.8. The minimum atomic E-state index is -0.994. The average molecular weight is 494 g/mol. The predicted molar refractivity (Wildman–Crippen MR) is 147 cm³/mol. The lowest BCUT2D eigenvalue weighted by atomic mass is 9.85. The third kappa shape index (κ3) is 4.49. The van der Waals surface area contributed by atoms with Gasteiger partial charge < -0.3 is 21.7 Å². The normalized spacial score (nSPS) is 16.6. The molecule has 37 heavy (non-hydrogen) atoms. The largest absolute Gasteiger partial charge is 0.373 e. The van der Waals surface area contributed by atoms with E-state index in [9.17, 15) is 0 Å². The zero-order valence-electron chi connectivity index (χ0n) is 21.7. The molecule has 188 valence electrons. The highest BCUT2D eigenvalue weighted by Crippen LogP contribution is 2.39. The molecule has 1 aromatic carbocycles. The van der Waals surface area contributed by atoms with Gasteiger partial charge in [0.05, 0.1) is 11.4 Å². The molecule has 9 nitrogen and oxygen atoms in total. The molecule has 1 unspecified atom stereocenters. The van der Waals surface area contributed by atoms with Gasteiger partial charge in [-0.15, -0.1) is 0 Å². The van der Waals surface area contributed by atoms with E-state index in [2.05, 4.69) is 74.6 Å². The molecule has 0 radical (unpaired) electrons. The van der Waals surface area contributed by atoms with E-state index in [1.807, 2.05) is 56.0 Å². The fourth-order valence-electron chi connectivity index (χ4n) is 4.37. The van der Waals surface area contributed by atoms with Crippen molar-refractivity contribution in [2.24, 2.45) is 5.73 Å². The number of benzene rings is 1. The average Bonchev–Trinajstić information content (AvgIpc) is 2.90. The van der Waals surface area contributed by atoms with Crippen molar-refractivity contribution in [1.82, 2.24) is 30.2 Å². The lowest BCUT2D eigenvalue weighted by molar-refractivity contribution is 0.465. The number of hydrogen-bond acceptors (Lipinski definition) is 9. The number of aryl methyl sites for hydroxylation is 1. The first-order valence-electron chi connectivity index (χ1n) is 12.1. The Labute approximate surface area is 216 Å². The van der Waals surface area contributed by atoms with Gasteiger partial charge in [0.15, 0.2) is 0 Å². The zero-order chi connectivity index (χ0) is 26.2. The lowest BCUT2D eigenvalue weighted by Gasteiger charge is -2.36. The van der Waals surface area contributed by atoms with Crippen molar-refractivity contribution in [1.29, 1.82) is 0 Å². The van der Waals surface area contributed by atoms with E-state index < -0.39 is 5.66 Å². The number of aromatic nitrogens is 5. The van der Waals surface area contributed by atoms with E-state index >= 15 is 0 Å². The maximum atomic E-state index is 7.01. The van der Waals surface area contributed by atoms with Gasteiger partial charge in [0.1, 0.15) is 29.5 Å². The Kier molecular flexibility index (Phi) is 6.08. The van der Waals surface area contributed by atoms with E-state index in [-0.39, 0.29) is 5.41 Å². The fourth-order valence-corrected chi connectivity index (χ4v) is 4.37. The number of anilines is 3. The van der Waals surface area contributed by atoms with E-state index in [0.29, 0.717) is 5.82 Å². The van der Waals surface area contributed by atoms with Crippen LogP contribution < -0.4 is 21.7 Å². The molecule has 4 heterocycles. The van der Waals surface area contributed by atoms with E-state index in [0.717, 1.165) is 50.8 Å². The maximum absolute atomic E-state index is 7.01. The molecular weight excluding hydrogens is 462 g/mol. The highest BCUT2D eigenvalue weighted by molar-refractivity contribution is 5.83. The highest BCUT2D eigenvalue weighted by atomic mass is 15.1. The van der Waals surface area contributed by atoms with Crippen LogP contribution in [0.25, 0.3) is 17.3 Å². The fraction of sp³-hybridized carbons (Fsp3) is 0.250. The van der Waals surface area contributed by atoms with Crippen molar-refractivity contribution in [2.75, 3.05) is 17.7 Å². The van der Waals surface area contributed by atoms with E-state index in [4.69, 9.17) is 5.73 Å². The van der Waals surface area contributed by atoms with Gasteiger partial charge >= 0.3 is 0 Å². The maximum Gasteiger partial charge on any atom is 0.142 e. The minimum Gasteiger partial charge on any atom is -0.373 e. The minimum absolute atomic E-state index is 0.148. The summed E-state index contributed by atoms with van der Waals surface area (Å²) in [4.78, 5) is 22.6. The Balaban J connectivity index is 1.57. The molecule has 5 N–H and O–H groups in total. The van der Waals surface area contributed by atoms with Gasteiger partial charge in [0.25, 0.3) is 0 Å². The van der Waals surface area contributed by atoms with Gasteiger partial charge in [-0.3, -0.25) is 0 Å². The van der Waals surface area contributed by atoms with Crippen LogP contribution in [0, 0.1) is 6.92 Å². The van der Waals surface area contributed by atoms with Crippen LogP contribution in [0.2, 0.25) is 0 Å². The van der Waals surface area contributed by atoms with Gasteiger partial charge in [-0.05, 0) is 36.9 Å². The number of nitrogens with zero attached hydrogens (tertiary/aromatic N) is 5. The first-order chi connectivity index (χ1) is 17.7. The quantitative estimate of drug-likeness (QED) is 0.319. The van der Waals surface area contributed by atoms with Crippen LogP contribution >= 0.6 is 0 Å². The molecule has 1 aliphatic rings. The predicted octanol–water partition coefficient (Wildman–Crippen LogP) is 4.45. The second-order valence-corrected chi connectivity index (χ2v) is 10.1. The lowest BCUT2D eigenvalue weighted by Crippen LogP contribution is -2.51. The molecule has 0 fully saturated rings. The second-order valence-electron chi connectivity index (χ2n) is 10.1. The summed E-state index contributed by atoms with van der Waals surface area (Å²) in [6.45, 7) is 8.32.